The highest BCUT2D eigenvalue weighted by Gasteiger charge is 2.18. The fourth-order valence-corrected chi connectivity index (χ4v) is 1.62. The molecule has 0 radical (unpaired) electrons. The van der Waals surface area contributed by atoms with Crippen LogP contribution in [0.2, 0.25) is 0 Å². The first-order valence-electron chi connectivity index (χ1n) is 5.54. The fraction of sp³-hybridized carbons (Fsp3) is 0.250. The number of nitrogens with one attached hydrogen (secondary N) is 1. The van der Waals surface area contributed by atoms with E-state index < -0.39 is 12.0 Å². The molecule has 1 atom stereocenters. The minimum Gasteiger partial charge on any atom is -0.480 e. The summed E-state index contributed by atoms with van der Waals surface area (Å²) in [4.78, 5) is 15.0. The van der Waals surface area contributed by atoms with Crippen LogP contribution in [-0.4, -0.2) is 27.8 Å². The Morgan fingerprint density at radius 1 is 1.39 bits per heavy atom. The number of aromatic nitrogens is 2. The Bertz CT molecular complexity index is 485. The van der Waals surface area contributed by atoms with Gasteiger partial charge in [0, 0.05) is 13.0 Å². The van der Waals surface area contributed by atoms with Crippen molar-refractivity contribution in [3.8, 4) is 0 Å². The van der Waals surface area contributed by atoms with Gasteiger partial charge in [0.15, 0.2) is 5.82 Å². The van der Waals surface area contributed by atoms with Gasteiger partial charge in [-0.05, 0) is 5.56 Å². The van der Waals surface area contributed by atoms with Gasteiger partial charge in [-0.2, -0.15) is 4.98 Å². The number of rotatable bonds is 6. The smallest absolute Gasteiger partial charge is 0.325 e. The molecule has 0 saturated carbocycles. The van der Waals surface area contributed by atoms with Gasteiger partial charge in [-0.1, -0.05) is 35.5 Å². The molecule has 94 valence electrons. The van der Waals surface area contributed by atoms with E-state index in [0.717, 1.165) is 5.56 Å². The molecule has 0 saturated heterocycles. The van der Waals surface area contributed by atoms with E-state index in [4.69, 9.17) is 0 Å². The van der Waals surface area contributed by atoms with Crippen molar-refractivity contribution in [3.63, 3.8) is 0 Å². The molecule has 0 aliphatic rings. The summed E-state index contributed by atoms with van der Waals surface area (Å²) in [6.07, 6.45) is 1.77. The van der Waals surface area contributed by atoms with Crippen LogP contribution < -0.4 is 5.32 Å². The molecule has 0 spiro atoms. The molecule has 2 aromatic rings. The molecule has 2 N–H and O–H groups in total. The van der Waals surface area contributed by atoms with Crippen LogP contribution in [0.5, 0.6) is 0 Å². The Balaban J connectivity index is 1.93. The second-order valence-corrected chi connectivity index (χ2v) is 3.73. The Kier molecular flexibility index (Phi) is 4.03. The molecular formula is C12H13N3O3. The van der Waals surface area contributed by atoms with Crippen molar-refractivity contribution in [3.05, 3.63) is 48.1 Å². The summed E-state index contributed by atoms with van der Waals surface area (Å²) in [5, 5.41) is 15.8. The van der Waals surface area contributed by atoms with Gasteiger partial charge in [0.1, 0.15) is 6.04 Å². The third kappa shape index (κ3) is 3.14. The van der Waals surface area contributed by atoms with Crippen LogP contribution >= 0.6 is 0 Å². The van der Waals surface area contributed by atoms with Gasteiger partial charge < -0.3 is 14.9 Å². The van der Waals surface area contributed by atoms with E-state index in [0.29, 0.717) is 18.8 Å². The standard InChI is InChI=1S/C12H13N3O3/c16-12(17)11(9-4-2-1-3-5-9)13-7-6-10-14-8-18-15-10/h1-5,8,11,13H,6-7H2,(H,16,17). The average molecular weight is 247 g/mol. The summed E-state index contributed by atoms with van der Waals surface area (Å²) in [5.41, 5.74) is 0.720. The Morgan fingerprint density at radius 2 is 2.17 bits per heavy atom. The fourth-order valence-electron chi connectivity index (χ4n) is 1.62. The zero-order chi connectivity index (χ0) is 12.8. The second kappa shape index (κ2) is 5.92. The van der Waals surface area contributed by atoms with Crippen molar-refractivity contribution in [1.82, 2.24) is 15.5 Å². The molecule has 0 aliphatic carbocycles. The van der Waals surface area contributed by atoms with Gasteiger partial charge in [0.2, 0.25) is 6.39 Å². The molecule has 1 aromatic carbocycles. The maximum absolute atomic E-state index is 11.2. The number of carboxylic acid groups (broad SMARTS) is 1. The lowest BCUT2D eigenvalue weighted by Gasteiger charge is -2.13. The molecule has 6 nitrogen and oxygen atoms in total. The number of carboxylic acids is 1. The lowest BCUT2D eigenvalue weighted by atomic mass is 10.1. The van der Waals surface area contributed by atoms with Crippen molar-refractivity contribution in [1.29, 1.82) is 0 Å². The Labute approximate surface area is 104 Å². The van der Waals surface area contributed by atoms with Gasteiger partial charge in [-0.15, -0.1) is 0 Å². The van der Waals surface area contributed by atoms with Crippen LogP contribution in [0.1, 0.15) is 17.4 Å². The largest absolute Gasteiger partial charge is 0.480 e. The molecule has 0 aliphatic heterocycles. The summed E-state index contributed by atoms with van der Waals surface area (Å²) in [6, 6.07) is 8.30. The number of aliphatic carboxylic acids is 1. The van der Waals surface area contributed by atoms with Gasteiger partial charge in [0.05, 0.1) is 0 Å². The van der Waals surface area contributed by atoms with Crippen molar-refractivity contribution in [2.45, 2.75) is 12.5 Å². The van der Waals surface area contributed by atoms with E-state index in [2.05, 4.69) is 20.0 Å². The second-order valence-electron chi connectivity index (χ2n) is 3.73. The number of hydrogen-bond donors (Lipinski definition) is 2. The van der Waals surface area contributed by atoms with E-state index >= 15 is 0 Å². The van der Waals surface area contributed by atoms with Crippen LogP contribution in [0.15, 0.2) is 41.2 Å². The van der Waals surface area contributed by atoms with E-state index in [1.165, 1.54) is 6.39 Å². The first-order valence-corrected chi connectivity index (χ1v) is 5.54. The number of nitrogens with zero attached hydrogens (tertiary/aromatic N) is 2. The number of hydrogen-bond acceptors (Lipinski definition) is 5. The van der Waals surface area contributed by atoms with Gasteiger partial charge in [-0.25, -0.2) is 0 Å². The summed E-state index contributed by atoms with van der Waals surface area (Å²) >= 11 is 0. The molecule has 2 rings (SSSR count). The van der Waals surface area contributed by atoms with Crippen molar-refractivity contribution in [2.24, 2.45) is 0 Å². The van der Waals surface area contributed by atoms with Crippen LogP contribution in [0.3, 0.4) is 0 Å². The van der Waals surface area contributed by atoms with Gasteiger partial charge in [-0.3, -0.25) is 4.79 Å². The number of benzene rings is 1. The maximum atomic E-state index is 11.2. The Hall–Kier alpha value is -2.21. The van der Waals surface area contributed by atoms with Crippen LogP contribution in [0.4, 0.5) is 0 Å². The van der Waals surface area contributed by atoms with E-state index in [-0.39, 0.29) is 0 Å². The third-order valence-corrected chi connectivity index (χ3v) is 2.48. The Morgan fingerprint density at radius 3 is 2.78 bits per heavy atom. The molecule has 0 bridgehead atoms. The van der Waals surface area contributed by atoms with Crippen LogP contribution in [0, 0.1) is 0 Å². The summed E-state index contributed by atoms with van der Waals surface area (Å²) in [7, 11) is 0. The molecule has 0 amide bonds. The topological polar surface area (TPSA) is 88.2 Å². The van der Waals surface area contributed by atoms with Crippen LogP contribution in [-0.2, 0) is 11.2 Å². The number of carbonyl (C=O) groups is 1. The van der Waals surface area contributed by atoms with Gasteiger partial charge in [0.25, 0.3) is 0 Å². The molecule has 1 aromatic heterocycles. The zero-order valence-electron chi connectivity index (χ0n) is 9.61. The molecule has 0 fully saturated rings. The van der Waals surface area contributed by atoms with Crippen molar-refractivity contribution < 1.29 is 14.4 Å². The first-order chi connectivity index (χ1) is 8.77. The maximum Gasteiger partial charge on any atom is 0.325 e. The van der Waals surface area contributed by atoms with E-state index in [9.17, 15) is 9.90 Å². The third-order valence-electron chi connectivity index (χ3n) is 2.48. The predicted octanol–water partition coefficient (Wildman–Crippen LogP) is 1.03. The lowest BCUT2D eigenvalue weighted by molar-refractivity contribution is -0.139. The lowest BCUT2D eigenvalue weighted by Crippen LogP contribution is -2.30. The highest BCUT2D eigenvalue weighted by atomic mass is 16.5. The van der Waals surface area contributed by atoms with E-state index in [1.54, 1.807) is 12.1 Å². The minimum absolute atomic E-state index is 0.464. The summed E-state index contributed by atoms with van der Waals surface area (Å²) in [5.74, 6) is -0.353. The molecule has 1 heterocycles. The monoisotopic (exact) mass is 247 g/mol. The molecule has 1 unspecified atom stereocenters. The predicted molar refractivity (Wildman–Crippen MR) is 62.8 cm³/mol. The van der Waals surface area contributed by atoms with Gasteiger partial charge >= 0.3 is 5.97 Å². The quantitative estimate of drug-likeness (QED) is 0.792. The normalized spacial score (nSPS) is 12.2. The van der Waals surface area contributed by atoms with E-state index in [1.807, 2.05) is 18.2 Å². The van der Waals surface area contributed by atoms with Crippen molar-refractivity contribution >= 4 is 5.97 Å². The molecular weight excluding hydrogens is 234 g/mol. The highest BCUT2D eigenvalue weighted by molar-refractivity contribution is 5.75. The van der Waals surface area contributed by atoms with Crippen LogP contribution in [0.25, 0.3) is 0 Å². The van der Waals surface area contributed by atoms with Crippen molar-refractivity contribution in [2.75, 3.05) is 6.54 Å². The first kappa shape index (κ1) is 12.3. The molecule has 18 heavy (non-hydrogen) atoms. The summed E-state index contributed by atoms with van der Waals surface area (Å²) < 4.78 is 4.60. The molecule has 6 heteroatoms. The minimum atomic E-state index is -0.908. The average Bonchev–Trinajstić information content (AvgIpc) is 2.88. The SMILES string of the molecule is O=C(O)C(NCCc1ncon1)c1ccccc1. The summed E-state index contributed by atoms with van der Waals surface area (Å²) in [6.45, 7) is 0.464. The zero-order valence-corrected chi connectivity index (χ0v) is 9.61. The highest BCUT2D eigenvalue weighted by Crippen LogP contribution is 2.12.